The Morgan fingerprint density at radius 3 is 2.16 bits per heavy atom. The van der Waals surface area contributed by atoms with Gasteiger partial charge in [-0.25, -0.2) is 8.42 Å². The SMILES string of the molecule is CC(C)(C)NC(=O)[C@H](CNCc1ccc(S(C)(=O)=O)cc1)NC(=O)CNC(=O)c1cccc(C(F)(F)F)c1. The third kappa shape index (κ3) is 10.1. The van der Waals surface area contributed by atoms with Gasteiger partial charge in [0.25, 0.3) is 5.91 Å². The predicted octanol–water partition coefficient (Wildman–Crippen LogP) is 2.03. The molecule has 1 atom stereocenters. The highest BCUT2D eigenvalue weighted by Crippen LogP contribution is 2.29. The number of hydrogen-bond donors (Lipinski definition) is 4. The van der Waals surface area contributed by atoms with Crippen molar-refractivity contribution in [1.29, 1.82) is 0 Å². The summed E-state index contributed by atoms with van der Waals surface area (Å²) in [5.74, 6) is -2.09. The molecule has 0 heterocycles. The zero-order valence-corrected chi connectivity index (χ0v) is 22.2. The van der Waals surface area contributed by atoms with Gasteiger partial charge in [0, 0.05) is 30.4 Å². The smallest absolute Gasteiger partial charge is 0.350 e. The molecule has 0 unspecified atom stereocenters. The van der Waals surface area contributed by atoms with Crippen LogP contribution in [0.3, 0.4) is 0 Å². The first kappa shape index (κ1) is 30.8. The summed E-state index contributed by atoms with van der Waals surface area (Å²) in [5, 5.41) is 10.5. The van der Waals surface area contributed by atoms with Gasteiger partial charge in [-0.2, -0.15) is 13.2 Å². The zero-order valence-electron chi connectivity index (χ0n) is 21.4. The monoisotopic (exact) mass is 556 g/mol. The van der Waals surface area contributed by atoms with Gasteiger partial charge in [0.05, 0.1) is 17.0 Å². The minimum atomic E-state index is -4.62. The Bertz CT molecular complexity index is 1260. The fourth-order valence-corrected chi connectivity index (χ4v) is 3.86. The van der Waals surface area contributed by atoms with Gasteiger partial charge in [-0.3, -0.25) is 14.4 Å². The Balaban J connectivity index is 1.99. The molecule has 2 aromatic rings. The van der Waals surface area contributed by atoms with Crippen LogP contribution in [-0.4, -0.2) is 57.1 Å². The van der Waals surface area contributed by atoms with Crippen LogP contribution >= 0.6 is 0 Å². The molecule has 0 aliphatic rings. The molecule has 2 rings (SSSR count). The molecule has 0 saturated heterocycles. The predicted molar refractivity (Wildman–Crippen MR) is 135 cm³/mol. The molecule has 2 aromatic carbocycles. The van der Waals surface area contributed by atoms with Crippen molar-refractivity contribution in [3.05, 3.63) is 65.2 Å². The Hall–Kier alpha value is -3.45. The van der Waals surface area contributed by atoms with Gasteiger partial charge >= 0.3 is 6.18 Å². The maximum atomic E-state index is 12.9. The molecule has 0 spiro atoms. The van der Waals surface area contributed by atoms with Crippen LogP contribution in [0, 0.1) is 0 Å². The lowest BCUT2D eigenvalue weighted by molar-refractivity contribution is -0.137. The van der Waals surface area contributed by atoms with Crippen molar-refractivity contribution in [1.82, 2.24) is 21.3 Å². The Morgan fingerprint density at radius 2 is 1.61 bits per heavy atom. The van der Waals surface area contributed by atoms with Crippen LogP contribution < -0.4 is 21.3 Å². The summed E-state index contributed by atoms with van der Waals surface area (Å²) in [5.41, 5.74) is -1.12. The topological polar surface area (TPSA) is 133 Å². The molecule has 13 heteroatoms. The number of carbonyl (C=O) groups is 3. The summed E-state index contributed by atoms with van der Waals surface area (Å²) in [6, 6.07) is 8.91. The van der Waals surface area contributed by atoms with Crippen LogP contribution in [0.4, 0.5) is 13.2 Å². The summed E-state index contributed by atoms with van der Waals surface area (Å²) < 4.78 is 61.9. The van der Waals surface area contributed by atoms with E-state index in [0.29, 0.717) is 6.07 Å². The van der Waals surface area contributed by atoms with Crippen LogP contribution in [0.15, 0.2) is 53.4 Å². The van der Waals surface area contributed by atoms with E-state index in [1.807, 2.05) is 0 Å². The summed E-state index contributed by atoms with van der Waals surface area (Å²) in [7, 11) is -3.33. The Morgan fingerprint density at radius 1 is 0.974 bits per heavy atom. The van der Waals surface area contributed by atoms with E-state index in [2.05, 4.69) is 21.3 Å². The van der Waals surface area contributed by atoms with E-state index in [4.69, 9.17) is 0 Å². The van der Waals surface area contributed by atoms with Crippen molar-refractivity contribution in [3.8, 4) is 0 Å². The molecule has 4 N–H and O–H groups in total. The van der Waals surface area contributed by atoms with Crippen molar-refractivity contribution >= 4 is 27.6 Å². The molecule has 0 aliphatic carbocycles. The lowest BCUT2D eigenvalue weighted by atomic mass is 10.1. The highest BCUT2D eigenvalue weighted by atomic mass is 32.2. The van der Waals surface area contributed by atoms with Crippen molar-refractivity contribution in [2.45, 2.75) is 50.0 Å². The summed E-state index contributed by atoms with van der Waals surface area (Å²) in [4.78, 5) is 37.7. The van der Waals surface area contributed by atoms with Crippen LogP contribution in [0.2, 0.25) is 0 Å². The Kier molecular flexibility index (Phi) is 10.0. The van der Waals surface area contributed by atoms with Crippen LogP contribution in [0.25, 0.3) is 0 Å². The van der Waals surface area contributed by atoms with Crippen molar-refractivity contribution in [2.75, 3.05) is 19.3 Å². The van der Waals surface area contributed by atoms with Gasteiger partial charge in [-0.15, -0.1) is 0 Å². The summed E-state index contributed by atoms with van der Waals surface area (Å²) >= 11 is 0. The standard InChI is InChI=1S/C25H31F3N4O5S/c1-24(2,3)32-23(35)20(14-29-13-16-8-10-19(11-9-16)38(4,36)37)31-21(33)15-30-22(34)17-6-5-7-18(12-17)25(26,27)28/h5-12,20,29H,13-15H2,1-4H3,(H,30,34)(H,31,33)(H,32,35)/t20-/m0/s1. The van der Waals surface area contributed by atoms with Gasteiger partial charge in [0.15, 0.2) is 9.84 Å². The lowest BCUT2D eigenvalue weighted by Crippen LogP contribution is -2.56. The number of benzene rings is 2. The highest BCUT2D eigenvalue weighted by Gasteiger charge is 2.31. The van der Waals surface area contributed by atoms with Gasteiger partial charge < -0.3 is 21.3 Å². The average Bonchev–Trinajstić information content (AvgIpc) is 2.80. The Labute approximate surface area is 219 Å². The molecule has 3 amide bonds. The van der Waals surface area contributed by atoms with E-state index in [1.54, 1.807) is 32.9 Å². The third-order valence-electron chi connectivity index (χ3n) is 5.04. The van der Waals surface area contributed by atoms with Gasteiger partial charge in [-0.05, 0) is 56.7 Å². The van der Waals surface area contributed by atoms with E-state index in [0.717, 1.165) is 24.0 Å². The normalized spacial score (nSPS) is 12.9. The van der Waals surface area contributed by atoms with Crippen molar-refractivity contribution in [2.24, 2.45) is 0 Å². The lowest BCUT2D eigenvalue weighted by Gasteiger charge is -2.26. The summed E-state index contributed by atoms with van der Waals surface area (Å²) in [6.45, 7) is 4.98. The molecule has 0 fully saturated rings. The van der Waals surface area contributed by atoms with E-state index < -0.39 is 57.4 Å². The minimum Gasteiger partial charge on any atom is -0.350 e. The molecule has 38 heavy (non-hydrogen) atoms. The maximum absolute atomic E-state index is 12.9. The second kappa shape index (κ2) is 12.4. The molecule has 9 nitrogen and oxygen atoms in total. The number of sulfone groups is 1. The zero-order chi connectivity index (χ0) is 28.7. The van der Waals surface area contributed by atoms with Gasteiger partial charge in [-0.1, -0.05) is 18.2 Å². The number of nitrogens with one attached hydrogen (secondary N) is 4. The fourth-order valence-electron chi connectivity index (χ4n) is 3.23. The highest BCUT2D eigenvalue weighted by molar-refractivity contribution is 7.90. The van der Waals surface area contributed by atoms with Crippen LogP contribution in [-0.2, 0) is 32.1 Å². The van der Waals surface area contributed by atoms with E-state index in [9.17, 15) is 36.0 Å². The summed E-state index contributed by atoms with van der Waals surface area (Å²) in [6.07, 6.45) is -3.52. The molecular weight excluding hydrogens is 525 g/mol. The van der Waals surface area contributed by atoms with Gasteiger partial charge in [0.2, 0.25) is 11.8 Å². The largest absolute Gasteiger partial charge is 0.416 e. The fraction of sp³-hybridized carbons (Fsp3) is 0.400. The number of rotatable bonds is 10. The number of alkyl halides is 3. The first-order chi connectivity index (χ1) is 17.5. The molecule has 0 radical (unpaired) electrons. The second-order valence-corrected chi connectivity index (χ2v) is 11.7. The first-order valence-corrected chi connectivity index (χ1v) is 13.4. The molecular formula is C25H31F3N4O5S. The number of amides is 3. The molecule has 0 bridgehead atoms. The maximum Gasteiger partial charge on any atom is 0.416 e. The molecule has 0 aliphatic heterocycles. The quantitative estimate of drug-likeness (QED) is 0.354. The van der Waals surface area contributed by atoms with E-state index in [1.165, 1.54) is 18.2 Å². The van der Waals surface area contributed by atoms with Crippen LogP contribution in [0.5, 0.6) is 0 Å². The first-order valence-electron chi connectivity index (χ1n) is 11.5. The van der Waals surface area contributed by atoms with E-state index in [-0.39, 0.29) is 23.5 Å². The second-order valence-electron chi connectivity index (χ2n) is 9.67. The number of halogens is 3. The van der Waals surface area contributed by atoms with Crippen LogP contribution in [0.1, 0.15) is 42.3 Å². The van der Waals surface area contributed by atoms with Crippen molar-refractivity contribution in [3.63, 3.8) is 0 Å². The minimum absolute atomic E-state index is 0.00303. The molecule has 0 saturated carbocycles. The third-order valence-corrected chi connectivity index (χ3v) is 6.17. The molecule has 208 valence electrons. The van der Waals surface area contributed by atoms with Crippen molar-refractivity contribution < 1.29 is 36.0 Å². The van der Waals surface area contributed by atoms with E-state index >= 15 is 0 Å². The van der Waals surface area contributed by atoms with Gasteiger partial charge in [0.1, 0.15) is 6.04 Å². The average molecular weight is 557 g/mol. The number of hydrogen-bond acceptors (Lipinski definition) is 6. The molecule has 0 aromatic heterocycles. The number of carbonyl (C=O) groups excluding carboxylic acids is 3.